The summed E-state index contributed by atoms with van der Waals surface area (Å²) < 4.78 is 43.0. The zero-order chi connectivity index (χ0) is 11.7. The van der Waals surface area contributed by atoms with Gasteiger partial charge in [-0.3, -0.25) is 0 Å². The fourth-order valence-corrected chi connectivity index (χ4v) is 2.24. The molecule has 1 aliphatic carbocycles. The summed E-state index contributed by atoms with van der Waals surface area (Å²) in [6, 6.07) is -0.0342. The van der Waals surface area contributed by atoms with E-state index in [0.29, 0.717) is 12.8 Å². The fraction of sp³-hybridized carbons (Fsp3) is 1.00. The molecule has 0 aromatic carbocycles. The number of alkyl halides is 3. The maximum Gasteiger partial charge on any atom is 0.417 e. The van der Waals surface area contributed by atoms with E-state index in [0.717, 1.165) is 7.11 Å². The largest absolute Gasteiger partial charge is 0.417 e. The van der Waals surface area contributed by atoms with Gasteiger partial charge in [-0.05, 0) is 38.5 Å². The highest BCUT2D eigenvalue weighted by molar-refractivity contribution is 4.94. The molecule has 0 aromatic heterocycles. The van der Waals surface area contributed by atoms with Crippen LogP contribution >= 0.6 is 0 Å². The highest BCUT2D eigenvalue weighted by Crippen LogP contribution is 2.45. The summed E-state index contributed by atoms with van der Waals surface area (Å²) in [5.74, 6) is 0.190. The van der Waals surface area contributed by atoms with Gasteiger partial charge in [0.1, 0.15) is 0 Å². The lowest BCUT2D eigenvalue weighted by Gasteiger charge is -2.41. The average Bonchev–Trinajstić information content (AvgIpc) is 2.16. The van der Waals surface area contributed by atoms with Gasteiger partial charge in [-0.2, -0.15) is 13.2 Å². The Bertz CT molecular complexity index is 207. The van der Waals surface area contributed by atoms with Gasteiger partial charge in [-0.1, -0.05) is 0 Å². The van der Waals surface area contributed by atoms with Crippen molar-refractivity contribution in [3.05, 3.63) is 0 Å². The van der Waals surface area contributed by atoms with Crippen LogP contribution in [0.3, 0.4) is 0 Å². The minimum absolute atomic E-state index is 0.0270. The molecule has 1 atom stereocenters. The van der Waals surface area contributed by atoms with Crippen molar-refractivity contribution in [3.63, 3.8) is 0 Å². The fourth-order valence-electron chi connectivity index (χ4n) is 2.24. The number of ether oxygens (including phenoxy) is 1. The molecule has 0 spiro atoms. The Morgan fingerprint density at radius 3 is 2.07 bits per heavy atom. The summed E-state index contributed by atoms with van der Waals surface area (Å²) >= 11 is 0. The second-order valence-corrected chi connectivity index (χ2v) is 4.39. The summed E-state index contributed by atoms with van der Waals surface area (Å²) in [5, 5.41) is 0. The second-order valence-electron chi connectivity index (χ2n) is 4.39. The Morgan fingerprint density at radius 2 is 1.80 bits per heavy atom. The van der Waals surface area contributed by atoms with Crippen LogP contribution in [0.5, 0.6) is 0 Å². The average molecular weight is 225 g/mol. The number of methoxy groups -OCH3 is 1. The quantitative estimate of drug-likeness (QED) is 0.783. The minimum Gasteiger partial charge on any atom is -0.369 e. The van der Waals surface area contributed by atoms with Crippen molar-refractivity contribution in [1.29, 1.82) is 0 Å². The molecule has 0 heterocycles. The highest BCUT2D eigenvalue weighted by atomic mass is 19.4. The van der Waals surface area contributed by atoms with Crippen LogP contribution in [0.15, 0.2) is 0 Å². The van der Waals surface area contributed by atoms with Gasteiger partial charge in [-0.15, -0.1) is 0 Å². The van der Waals surface area contributed by atoms with Gasteiger partial charge in [0.15, 0.2) is 5.60 Å². The van der Waals surface area contributed by atoms with Crippen LogP contribution in [0.4, 0.5) is 13.2 Å². The summed E-state index contributed by atoms with van der Waals surface area (Å²) in [5.41, 5.74) is 3.75. The van der Waals surface area contributed by atoms with Gasteiger partial charge < -0.3 is 10.5 Å². The first-order valence-corrected chi connectivity index (χ1v) is 5.20. The van der Waals surface area contributed by atoms with Crippen molar-refractivity contribution in [2.75, 3.05) is 7.11 Å². The molecule has 15 heavy (non-hydrogen) atoms. The van der Waals surface area contributed by atoms with Crippen LogP contribution in [0.25, 0.3) is 0 Å². The number of rotatable bonds is 2. The molecule has 0 aromatic rings. The first-order valence-electron chi connectivity index (χ1n) is 5.20. The molecule has 1 fully saturated rings. The third kappa shape index (κ3) is 2.45. The summed E-state index contributed by atoms with van der Waals surface area (Å²) in [7, 11) is 1.14. The van der Waals surface area contributed by atoms with E-state index >= 15 is 0 Å². The van der Waals surface area contributed by atoms with Crippen molar-refractivity contribution in [2.24, 2.45) is 11.7 Å². The molecule has 1 saturated carbocycles. The molecular weight excluding hydrogens is 207 g/mol. The van der Waals surface area contributed by atoms with Crippen molar-refractivity contribution in [3.8, 4) is 0 Å². The standard InChI is InChI=1S/C10H18F3NO/c1-7(14)8-3-5-9(15-2,6-4-8)10(11,12)13/h7-8H,3-6,14H2,1-2H3. The first kappa shape index (κ1) is 12.8. The SMILES string of the molecule is COC1(C(F)(F)F)CCC(C(C)N)CC1. The Labute approximate surface area is 88.0 Å². The molecule has 0 amide bonds. The molecule has 2 N–H and O–H groups in total. The van der Waals surface area contributed by atoms with Gasteiger partial charge in [0.25, 0.3) is 0 Å². The molecule has 0 aliphatic heterocycles. The van der Waals surface area contributed by atoms with Crippen LogP contribution in [0.2, 0.25) is 0 Å². The van der Waals surface area contributed by atoms with Crippen LogP contribution in [0, 0.1) is 5.92 Å². The van der Waals surface area contributed by atoms with Crippen LogP contribution < -0.4 is 5.73 Å². The smallest absolute Gasteiger partial charge is 0.369 e. The molecule has 1 unspecified atom stereocenters. The predicted octanol–water partition coefficient (Wildman–Crippen LogP) is 2.47. The van der Waals surface area contributed by atoms with E-state index in [1.54, 1.807) is 0 Å². The molecule has 0 saturated heterocycles. The van der Waals surface area contributed by atoms with E-state index < -0.39 is 11.8 Å². The lowest BCUT2D eigenvalue weighted by atomic mass is 9.76. The maximum absolute atomic E-state index is 12.8. The van der Waals surface area contributed by atoms with Crippen molar-refractivity contribution < 1.29 is 17.9 Å². The molecular formula is C10H18F3NO. The van der Waals surface area contributed by atoms with Gasteiger partial charge >= 0.3 is 6.18 Å². The zero-order valence-corrected chi connectivity index (χ0v) is 9.10. The van der Waals surface area contributed by atoms with Gasteiger partial charge in [-0.25, -0.2) is 0 Å². The van der Waals surface area contributed by atoms with E-state index in [4.69, 9.17) is 10.5 Å². The third-order valence-corrected chi connectivity index (χ3v) is 3.49. The first-order chi connectivity index (χ1) is 6.82. The number of hydrogen-bond donors (Lipinski definition) is 1. The highest BCUT2D eigenvalue weighted by Gasteiger charge is 2.56. The van der Waals surface area contributed by atoms with E-state index in [-0.39, 0.29) is 24.8 Å². The van der Waals surface area contributed by atoms with E-state index in [1.807, 2.05) is 6.92 Å². The van der Waals surface area contributed by atoms with Gasteiger partial charge in [0.2, 0.25) is 0 Å². The monoisotopic (exact) mass is 225 g/mol. The Kier molecular flexibility index (Phi) is 3.66. The molecule has 1 rings (SSSR count). The van der Waals surface area contributed by atoms with Gasteiger partial charge in [0.05, 0.1) is 0 Å². The Balaban J connectivity index is 2.67. The molecule has 1 aliphatic rings. The number of hydrogen-bond acceptors (Lipinski definition) is 2. The maximum atomic E-state index is 12.8. The summed E-state index contributed by atoms with van der Waals surface area (Å²) in [6.07, 6.45) is -3.24. The Morgan fingerprint density at radius 1 is 1.33 bits per heavy atom. The van der Waals surface area contributed by atoms with E-state index in [2.05, 4.69) is 0 Å². The Hall–Kier alpha value is -0.290. The van der Waals surface area contributed by atoms with Crippen molar-refractivity contribution in [2.45, 2.75) is 50.4 Å². The van der Waals surface area contributed by atoms with Gasteiger partial charge in [0, 0.05) is 13.2 Å². The third-order valence-electron chi connectivity index (χ3n) is 3.49. The lowest BCUT2D eigenvalue weighted by Crippen LogP contribution is -2.50. The van der Waals surface area contributed by atoms with Crippen molar-refractivity contribution in [1.82, 2.24) is 0 Å². The zero-order valence-electron chi connectivity index (χ0n) is 9.10. The number of nitrogens with two attached hydrogens (primary N) is 1. The van der Waals surface area contributed by atoms with Crippen molar-refractivity contribution >= 4 is 0 Å². The van der Waals surface area contributed by atoms with Crippen LogP contribution in [0.1, 0.15) is 32.6 Å². The second kappa shape index (κ2) is 4.29. The molecule has 0 bridgehead atoms. The predicted molar refractivity (Wildman–Crippen MR) is 51.4 cm³/mol. The minimum atomic E-state index is -4.27. The normalized spacial score (nSPS) is 35.2. The van der Waals surface area contributed by atoms with E-state index in [9.17, 15) is 13.2 Å². The lowest BCUT2D eigenvalue weighted by molar-refractivity contribution is -0.282. The van der Waals surface area contributed by atoms with E-state index in [1.165, 1.54) is 0 Å². The summed E-state index contributed by atoms with van der Waals surface area (Å²) in [6.45, 7) is 1.85. The summed E-state index contributed by atoms with van der Waals surface area (Å²) in [4.78, 5) is 0. The van der Waals surface area contributed by atoms with Crippen LogP contribution in [-0.2, 0) is 4.74 Å². The molecule has 2 nitrogen and oxygen atoms in total. The van der Waals surface area contributed by atoms with Crippen LogP contribution in [-0.4, -0.2) is 24.9 Å². The molecule has 0 radical (unpaired) electrons. The molecule has 90 valence electrons. The number of halogens is 3. The molecule has 5 heteroatoms. The topological polar surface area (TPSA) is 35.2 Å².